The van der Waals surface area contributed by atoms with Gasteiger partial charge in [-0.3, -0.25) is 0 Å². The van der Waals surface area contributed by atoms with Crippen LogP contribution in [0.3, 0.4) is 0 Å². The molecule has 0 heterocycles. The molecule has 0 unspecified atom stereocenters. The van der Waals surface area contributed by atoms with E-state index >= 15 is 0 Å². The fourth-order valence-electron chi connectivity index (χ4n) is 1.05. The average molecular weight is 218 g/mol. The van der Waals surface area contributed by atoms with E-state index < -0.39 is 0 Å². The zero-order valence-corrected chi connectivity index (χ0v) is 9.36. The molecular weight excluding hydrogens is 205 g/mol. The lowest BCUT2D eigenvalue weighted by molar-refractivity contribution is 0.346. The van der Waals surface area contributed by atoms with Gasteiger partial charge in [0, 0.05) is 16.6 Å². The van der Waals surface area contributed by atoms with Gasteiger partial charge < -0.3 is 4.90 Å². The van der Waals surface area contributed by atoms with Gasteiger partial charge in [-0.2, -0.15) is 0 Å². The minimum absolute atomic E-state index is 0.688. The number of benzene rings is 1. The Hall–Kier alpha value is -0.240. The molecule has 0 bridgehead atoms. The topological polar surface area (TPSA) is 3.24 Å². The van der Waals surface area contributed by atoms with E-state index in [1.165, 1.54) is 0 Å². The van der Waals surface area contributed by atoms with E-state index in [9.17, 15) is 0 Å². The first-order valence-electron chi connectivity index (χ1n) is 4.26. The van der Waals surface area contributed by atoms with Crippen molar-refractivity contribution in [1.29, 1.82) is 0 Å². The molecule has 0 aliphatic carbocycles. The highest BCUT2D eigenvalue weighted by molar-refractivity contribution is 6.35. The molecule has 0 spiro atoms. The minimum Gasteiger partial charge on any atom is -0.302 e. The van der Waals surface area contributed by atoms with Gasteiger partial charge in [0.25, 0.3) is 0 Å². The van der Waals surface area contributed by atoms with Gasteiger partial charge in [-0.15, -0.1) is 0 Å². The van der Waals surface area contributed by atoms with Crippen molar-refractivity contribution in [2.45, 2.75) is 13.5 Å². The molecule has 13 heavy (non-hydrogen) atoms. The molecule has 1 nitrogen and oxygen atoms in total. The van der Waals surface area contributed by atoms with Crippen LogP contribution in [-0.4, -0.2) is 18.5 Å². The SMILES string of the molecule is CCN(C)Cc1ccc(Cl)cc1Cl. The van der Waals surface area contributed by atoms with Gasteiger partial charge in [0.2, 0.25) is 0 Å². The number of halogens is 2. The van der Waals surface area contributed by atoms with Crippen LogP contribution in [0.15, 0.2) is 18.2 Å². The van der Waals surface area contributed by atoms with Gasteiger partial charge in [0.1, 0.15) is 0 Å². The molecule has 0 aliphatic heterocycles. The van der Waals surface area contributed by atoms with Crippen molar-refractivity contribution in [2.24, 2.45) is 0 Å². The van der Waals surface area contributed by atoms with Crippen molar-refractivity contribution in [3.05, 3.63) is 33.8 Å². The summed E-state index contributed by atoms with van der Waals surface area (Å²) in [5.41, 5.74) is 1.12. The van der Waals surface area contributed by atoms with Crippen LogP contribution in [0.2, 0.25) is 10.0 Å². The second-order valence-electron chi connectivity index (χ2n) is 3.07. The van der Waals surface area contributed by atoms with Crippen LogP contribution < -0.4 is 0 Å². The number of nitrogens with zero attached hydrogens (tertiary/aromatic N) is 1. The molecule has 1 rings (SSSR count). The Bertz CT molecular complexity index is 286. The maximum atomic E-state index is 6.02. The van der Waals surface area contributed by atoms with Crippen LogP contribution in [-0.2, 0) is 6.54 Å². The monoisotopic (exact) mass is 217 g/mol. The normalized spacial score (nSPS) is 10.8. The first kappa shape index (κ1) is 10.8. The highest BCUT2D eigenvalue weighted by Crippen LogP contribution is 2.21. The van der Waals surface area contributed by atoms with Crippen molar-refractivity contribution in [3.8, 4) is 0 Å². The van der Waals surface area contributed by atoms with Crippen molar-refractivity contribution < 1.29 is 0 Å². The van der Waals surface area contributed by atoms with Crippen LogP contribution in [0.5, 0.6) is 0 Å². The molecule has 3 heteroatoms. The summed E-state index contributed by atoms with van der Waals surface area (Å²) < 4.78 is 0. The highest BCUT2D eigenvalue weighted by Gasteiger charge is 2.03. The summed E-state index contributed by atoms with van der Waals surface area (Å²) in [6.07, 6.45) is 0. The third kappa shape index (κ3) is 3.18. The maximum absolute atomic E-state index is 6.02. The Morgan fingerprint density at radius 1 is 1.31 bits per heavy atom. The molecule has 0 radical (unpaired) electrons. The third-order valence-corrected chi connectivity index (χ3v) is 2.58. The third-order valence-electron chi connectivity index (χ3n) is 2.00. The van der Waals surface area contributed by atoms with E-state index in [1.54, 1.807) is 6.07 Å². The van der Waals surface area contributed by atoms with E-state index in [0.29, 0.717) is 5.02 Å². The summed E-state index contributed by atoms with van der Waals surface area (Å²) in [5, 5.41) is 1.43. The number of hydrogen-bond acceptors (Lipinski definition) is 1. The molecule has 0 aliphatic rings. The van der Waals surface area contributed by atoms with Gasteiger partial charge in [0.05, 0.1) is 0 Å². The van der Waals surface area contributed by atoms with Gasteiger partial charge >= 0.3 is 0 Å². The van der Waals surface area contributed by atoms with E-state index in [1.807, 2.05) is 12.1 Å². The zero-order chi connectivity index (χ0) is 9.84. The lowest BCUT2D eigenvalue weighted by Crippen LogP contribution is -2.16. The number of rotatable bonds is 3. The maximum Gasteiger partial charge on any atom is 0.0465 e. The van der Waals surface area contributed by atoms with Crippen LogP contribution in [0.25, 0.3) is 0 Å². The Kier molecular flexibility index (Phi) is 4.04. The number of hydrogen-bond donors (Lipinski definition) is 0. The summed E-state index contributed by atoms with van der Waals surface area (Å²) in [4.78, 5) is 2.19. The average Bonchev–Trinajstić information content (AvgIpc) is 2.09. The lowest BCUT2D eigenvalue weighted by Gasteiger charge is -2.14. The Balaban J connectivity index is 2.77. The Morgan fingerprint density at radius 3 is 2.54 bits per heavy atom. The van der Waals surface area contributed by atoms with Crippen molar-refractivity contribution in [2.75, 3.05) is 13.6 Å². The van der Waals surface area contributed by atoms with Crippen LogP contribution >= 0.6 is 23.2 Å². The zero-order valence-electron chi connectivity index (χ0n) is 7.85. The second-order valence-corrected chi connectivity index (χ2v) is 3.91. The van der Waals surface area contributed by atoms with E-state index in [-0.39, 0.29) is 0 Å². The molecule has 0 N–H and O–H groups in total. The van der Waals surface area contributed by atoms with Crippen LogP contribution in [0.1, 0.15) is 12.5 Å². The van der Waals surface area contributed by atoms with Crippen molar-refractivity contribution >= 4 is 23.2 Å². The van der Waals surface area contributed by atoms with Crippen LogP contribution in [0.4, 0.5) is 0 Å². The predicted octanol–water partition coefficient (Wildman–Crippen LogP) is 3.45. The molecule has 0 amide bonds. The fraction of sp³-hybridized carbons (Fsp3) is 0.400. The summed E-state index contributed by atoms with van der Waals surface area (Å²) in [7, 11) is 2.06. The smallest absolute Gasteiger partial charge is 0.0465 e. The fourth-order valence-corrected chi connectivity index (χ4v) is 1.52. The quantitative estimate of drug-likeness (QED) is 0.751. The summed E-state index contributed by atoms with van der Waals surface area (Å²) in [6, 6.07) is 5.62. The predicted molar refractivity (Wildman–Crippen MR) is 58.5 cm³/mol. The molecule has 1 aromatic carbocycles. The Labute approximate surface area is 89.3 Å². The van der Waals surface area contributed by atoms with Crippen molar-refractivity contribution in [3.63, 3.8) is 0 Å². The molecule has 0 atom stereocenters. The molecule has 0 aromatic heterocycles. The second kappa shape index (κ2) is 4.85. The van der Waals surface area contributed by atoms with Gasteiger partial charge in [-0.1, -0.05) is 36.2 Å². The molecule has 0 saturated heterocycles. The molecular formula is C10H13Cl2N. The van der Waals surface area contributed by atoms with Gasteiger partial charge in [-0.25, -0.2) is 0 Å². The largest absolute Gasteiger partial charge is 0.302 e. The first-order valence-corrected chi connectivity index (χ1v) is 5.01. The molecule has 0 saturated carbocycles. The van der Waals surface area contributed by atoms with E-state index in [4.69, 9.17) is 23.2 Å². The molecule has 1 aromatic rings. The summed E-state index contributed by atoms with van der Waals surface area (Å²) in [5.74, 6) is 0. The van der Waals surface area contributed by atoms with E-state index in [2.05, 4.69) is 18.9 Å². The van der Waals surface area contributed by atoms with E-state index in [0.717, 1.165) is 23.7 Å². The summed E-state index contributed by atoms with van der Waals surface area (Å²) >= 11 is 11.8. The highest BCUT2D eigenvalue weighted by atomic mass is 35.5. The lowest BCUT2D eigenvalue weighted by atomic mass is 10.2. The van der Waals surface area contributed by atoms with Gasteiger partial charge in [-0.05, 0) is 31.3 Å². The van der Waals surface area contributed by atoms with Crippen molar-refractivity contribution in [1.82, 2.24) is 4.90 Å². The molecule has 0 fully saturated rings. The first-order chi connectivity index (χ1) is 6.13. The molecule has 72 valence electrons. The standard InChI is InChI=1S/C10H13Cl2N/c1-3-13(2)7-8-4-5-9(11)6-10(8)12/h4-6H,3,7H2,1-2H3. The summed E-state index contributed by atoms with van der Waals surface area (Å²) in [6.45, 7) is 4.00. The van der Waals surface area contributed by atoms with Crippen LogP contribution in [0, 0.1) is 0 Å². The Morgan fingerprint density at radius 2 is 2.00 bits per heavy atom. The minimum atomic E-state index is 0.688. The van der Waals surface area contributed by atoms with Gasteiger partial charge in [0.15, 0.2) is 0 Å².